The van der Waals surface area contributed by atoms with Gasteiger partial charge in [-0.05, 0) is 12.5 Å². The number of benzene rings is 1. The standard InChI is InChI=1S/C11H11NOS/c1-8-11(14-7-12-8)10(13)9-5-3-2-4-6-9/h2-7,10,13H,1H3/t10-/m0/s1. The third-order valence-electron chi connectivity index (χ3n) is 2.15. The molecule has 1 heterocycles. The van der Waals surface area contributed by atoms with E-state index >= 15 is 0 Å². The molecule has 0 spiro atoms. The molecule has 0 unspecified atom stereocenters. The van der Waals surface area contributed by atoms with Gasteiger partial charge >= 0.3 is 0 Å². The number of aromatic nitrogens is 1. The average Bonchev–Trinajstić information content (AvgIpc) is 2.65. The molecule has 3 heteroatoms. The van der Waals surface area contributed by atoms with E-state index in [9.17, 15) is 5.11 Å². The van der Waals surface area contributed by atoms with Crippen LogP contribution in [0.1, 0.15) is 22.2 Å². The molecule has 0 bridgehead atoms. The molecule has 0 aliphatic rings. The summed E-state index contributed by atoms with van der Waals surface area (Å²) >= 11 is 1.49. The molecular weight excluding hydrogens is 194 g/mol. The Morgan fingerprint density at radius 1 is 1.29 bits per heavy atom. The average molecular weight is 205 g/mol. The van der Waals surface area contributed by atoms with Crippen molar-refractivity contribution >= 4 is 11.3 Å². The number of nitrogens with zero attached hydrogens (tertiary/aromatic N) is 1. The van der Waals surface area contributed by atoms with Crippen LogP contribution in [0.5, 0.6) is 0 Å². The second-order valence-electron chi connectivity index (χ2n) is 3.12. The molecule has 0 aliphatic heterocycles. The van der Waals surface area contributed by atoms with Crippen LogP contribution in [0.4, 0.5) is 0 Å². The van der Waals surface area contributed by atoms with Crippen LogP contribution in [0.15, 0.2) is 35.8 Å². The normalized spacial score (nSPS) is 12.7. The van der Waals surface area contributed by atoms with E-state index < -0.39 is 6.10 Å². The predicted octanol–water partition coefficient (Wildman–Crippen LogP) is 2.53. The van der Waals surface area contributed by atoms with Crippen molar-refractivity contribution < 1.29 is 5.11 Å². The zero-order valence-corrected chi connectivity index (χ0v) is 8.66. The van der Waals surface area contributed by atoms with Gasteiger partial charge in [0.15, 0.2) is 0 Å². The Kier molecular flexibility index (Phi) is 2.61. The van der Waals surface area contributed by atoms with Crippen LogP contribution in [0.2, 0.25) is 0 Å². The molecule has 72 valence electrons. The molecule has 2 nitrogen and oxygen atoms in total. The Balaban J connectivity index is 2.34. The Bertz CT molecular complexity index is 410. The SMILES string of the molecule is Cc1ncsc1[C@@H](O)c1ccccc1. The molecule has 0 fully saturated rings. The van der Waals surface area contributed by atoms with E-state index in [0.717, 1.165) is 16.1 Å². The summed E-state index contributed by atoms with van der Waals surface area (Å²) in [6, 6.07) is 9.63. The highest BCUT2D eigenvalue weighted by Gasteiger charge is 2.14. The maximum Gasteiger partial charge on any atom is 0.115 e. The van der Waals surface area contributed by atoms with Gasteiger partial charge in [0.05, 0.1) is 16.1 Å². The van der Waals surface area contributed by atoms with Gasteiger partial charge in [0.2, 0.25) is 0 Å². The number of aliphatic hydroxyl groups is 1. The zero-order valence-electron chi connectivity index (χ0n) is 7.84. The molecule has 1 N–H and O–H groups in total. The number of aryl methyl sites for hydroxylation is 1. The Labute approximate surface area is 86.9 Å². The van der Waals surface area contributed by atoms with Crippen molar-refractivity contribution in [3.8, 4) is 0 Å². The van der Waals surface area contributed by atoms with Crippen LogP contribution in [0, 0.1) is 6.92 Å². The number of thiazole rings is 1. The third-order valence-corrected chi connectivity index (χ3v) is 3.13. The van der Waals surface area contributed by atoms with Crippen molar-refractivity contribution in [2.45, 2.75) is 13.0 Å². The van der Waals surface area contributed by atoms with Gasteiger partial charge < -0.3 is 5.11 Å². The van der Waals surface area contributed by atoms with Crippen LogP contribution in [0.25, 0.3) is 0 Å². The lowest BCUT2D eigenvalue weighted by Crippen LogP contribution is -1.98. The van der Waals surface area contributed by atoms with Gasteiger partial charge in [-0.25, -0.2) is 4.98 Å². The topological polar surface area (TPSA) is 33.1 Å². The first-order valence-corrected chi connectivity index (χ1v) is 5.30. The first-order chi connectivity index (χ1) is 6.79. The minimum atomic E-state index is -0.538. The molecule has 1 aromatic heterocycles. The van der Waals surface area contributed by atoms with Gasteiger partial charge in [-0.15, -0.1) is 11.3 Å². The third kappa shape index (κ3) is 1.69. The second-order valence-corrected chi connectivity index (χ2v) is 4.00. The Morgan fingerprint density at radius 2 is 2.00 bits per heavy atom. The Hall–Kier alpha value is -1.19. The summed E-state index contributed by atoms with van der Waals surface area (Å²) in [4.78, 5) is 5.05. The van der Waals surface area contributed by atoms with Crippen LogP contribution in [-0.4, -0.2) is 10.1 Å². The van der Waals surface area contributed by atoms with E-state index in [0.29, 0.717) is 0 Å². The van der Waals surface area contributed by atoms with Gasteiger partial charge in [0, 0.05) is 0 Å². The summed E-state index contributed by atoms with van der Waals surface area (Å²) < 4.78 is 0. The summed E-state index contributed by atoms with van der Waals surface area (Å²) in [5.74, 6) is 0. The van der Waals surface area contributed by atoms with E-state index in [2.05, 4.69) is 4.98 Å². The highest BCUT2D eigenvalue weighted by Crippen LogP contribution is 2.27. The van der Waals surface area contributed by atoms with Crippen molar-refractivity contribution in [3.63, 3.8) is 0 Å². The molecular formula is C11H11NOS. The molecule has 0 saturated carbocycles. The Morgan fingerprint density at radius 3 is 2.57 bits per heavy atom. The quantitative estimate of drug-likeness (QED) is 0.817. The summed E-state index contributed by atoms with van der Waals surface area (Å²) in [6.07, 6.45) is -0.538. The number of hydrogen-bond acceptors (Lipinski definition) is 3. The molecule has 1 atom stereocenters. The van der Waals surface area contributed by atoms with Gasteiger partial charge in [0.1, 0.15) is 6.10 Å². The number of rotatable bonds is 2. The summed E-state index contributed by atoms with van der Waals surface area (Å²) in [7, 11) is 0. The molecule has 0 aliphatic carbocycles. The van der Waals surface area contributed by atoms with E-state index in [1.165, 1.54) is 11.3 Å². The highest BCUT2D eigenvalue weighted by molar-refractivity contribution is 7.09. The molecule has 1 aromatic carbocycles. The van der Waals surface area contributed by atoms with E-state index in [-0.39, 0.29) is 0 Å². The molecule has 14 heavy (non-hydrogen) atoms. The van der Waals surface area contributed by atoms with Crippen molar-refractivity contribution in [2.24, 2.45) is 0 Å². The summed E-state index contributed by atoms with van der Waals surface area (Å²) in [6.45, 7) is 1.91. The van der Waals surface area contributed by atoms with Crippen LogP contribution >= 0.6 is 11.3 Å². The lowest BCUT2D eigenvalue weighted by molar-refractivity contribution is 0.223. The van der Waals surface area contributed by atoms with Crippen molar-refractivity contribution in [1.82, 2.24) is 4.98 Å². The van der Waals surface area contributed by atoms with E-state index in [4.69, 9.17) is 0 Å². The first kappa shape index (κ1) is 9.37. The van der Waals surface area contributed by atoms with Crippen LogP contribution in [-0.2, 0) is 0 Å². The fourth-order valence-corrected chi connectivity index (χ4v) is 2.17. The smallest absolute Gasteiger partial charge is 0.115 e. The predicted molar refractivity (Wildman–Crippen MR) is 57.4 cm³/mol. The maximum atomic E-state index is 10.0. The minimum Gasteiger partial charge on any atom is -0.383 e. The number of aliphatic hydroxyl groups excluding tert-OH is 1. The summed E-state index contributed by atoms with van der Waals surface area (Å²) in [5.41, 5.74) is 3.59. The van der Waals surface area contributed by atoms with Gasteiger partial charge in [-0.1, -0.05) is 30.3 Å². The molecule has 0 radical (unpaired) electrons. The monoisotopic (exact) mass is 205 g/mol. The molecule has 2 rings (SSSR count). The molecule has 0 saturated heterocycles. The molecule has 0 amide bonds. The van der Waals surface area contributed by atoms with Gasteiger partial charge in [-0.3, -0.25) is 0 Å². The van der Waals surface area contributed by atoms with Crippen molar-refractivity contribution in [1.29, 1.82) is 0 Å². The highest BCUT2D eigenvalue weighted by atomic mass is 32.1. The van der Waals surface area contributed by atoms with Crippen LogP contribution < -0.4 is 0 Å². The second kappa shape index (κ2) is 3.90. The van der Waals surface area contributed by atoms with Gasteiger partial charge in [-0.2, -0.15) is 0 Å². The number of hydrogen-bond donors (Lipinski definition) is 1. The van der Waals surface area contributed by atoms with Crippen molar-refractivity contribution in [2.75, 3.05) is 0 Å². The lowest BCUT2D eigenvalue weighted by atomic mass is 10.1. The molecule has 2 aromatic rings. The first-order valence-electron chi connectivity index (χ1n) is 4.42. The van der Waals surface area contributed by atoms with Crippen molar-refractivity contribution in [3.05, 3.63) is 52.0 Å². The van der Waals surface area contributed by atoms with E-state index in [1.54, 1.807) is 5.51 Å². The fraction of sp³-hybridized carbons (Fsp3) is 0.182. The van der Waals surface area contributed by atoms with Gasteiger partial charge in [0.25, 0.3) is 0 Å². The minimum absolute atomic E-state index is 0.538. The zero-order chi connectivity index (χ0) is 9.97. The largest absolute Gasteiger partial charge is 0.383 e. The lowest BCUT2D eigenvalue weighted by Gasteiger charge is -2.08. The summed E-state index contributed by atoms with van der Waals surface area (Å²) in [5, 5.41) is 10.0. The maximum absolute atomic E-state index is 10.0. The van der Waals surface area contributed by atoms with Crippen LogP contribution in [0.3, 0.4) is 0 Å². The van der Waals surface area contributed by atoms with E-state index in [1.807, 2.05) is 37.3 Å². The fourth-order valence-electron chi connectivity index (χ4n) is 1.36.